The Kier molecular flexibility index (Phi) is 2.01. The zero-order valence-corrected chi connectivity index (χ0v) is 8.55. The fourth-order valence-corrected chi connectivity index (χ4v) is 2.64. The summed E-state index contributed by atoms with van der Waals surface area (Å²) < 4.78 is 0. The van der Waals surface area contributed by atoms with Crippen molar-refractivity contribution in [1.29, 1.82) is 0 Å². The van der Waals surface area contributed by atoms with Gasteiger partial charge in [0.05, 0.1) is 0 Å². The van der Waals surface area contributed by atoms with E-state index in [1.54, 1.807) is 0 Å². The van der Waals surface area contributed by atoms with Crippen molar-refractivity contribution >= 4 is 0 Å². The largest absolute Gasteiger partial charge is 0.221 e. The summed E-state index contributed by atoms with van der Waals surface area (Å²) >= 11 is 0. The maximum absolute atomic E-state index is 2.34. The Bertz CT molecular complexity index is 121. The summed E-state index contributed by atoms with van der Waals surface area (Å²) in [5.74, 6) is 1.41. The molecule has 1 rings (SSSR count). The number of hydrogen-bond acceptors (Lipinski definition) is 2. The molecule has 0 aromatic carbocycles. The third-order valence-electron chi connectivity index (χ3n) is 3.15. The van der Waals surface area contributed by atoms with E-state index in [4.69, 9.17) is 0 Å². The topological polar surface area (TPSA) is 6.02 Å². The lowest BCUT2D eigenvalue weighted by atomic mass is 9.89. The Labute approximate surface area is 70.1 Å². The highest BCUT2D eigenvalue weighted by molar-refractivity contribution is 5.02. The van der Waals surface area contributed by atoms with E-state index in [9.17, 15) is 0 Å². The van der Waals surface area contributed by atoms with E-state index in [0.717, 1.165) is 0 Å². The second-order valence-electron chi connectivity index (χ2n) is 4.14. The van der Waals surface area contributed by atoms with Gasteiger partial charge in [-0.05, 0) is 11.8 Å². The molecule has 2 heteroatoms. The molecule has 1 saturated heterocycles. The van der Waals surface area contributed by atoms with Crippen molar-refractivity contribution in [2.24, 2.45) is 11.8 Å². The number of nitrogens with zero attached hydrogens (tertiary/aromatic N) is 2. The molecular formula is C9H20N2. The first-order valence-corrected chi connectivity index (χ1v) is 4.43. The van der Waals surface area contributed by atoms with Crippen LogP contribution in [0.3, 0.4) is 0 Å². The van der Waals surface area contributed by atoms with Crippen LogP contribution in [0, 0.1) is 11.8 Å². The molecule has 2 atom stereocenters. The van der Waals surface area contributed by atoms with E-state index < -0.39 is 0 Å². The van der Waals surface area contributed by atoms with Gasteiger partial charge in [-0.2, -0.15) is 0 Å². The normalized spacial score (nSPS) is 34.9. The van der Waals surface area contributed by atoms with Crippen LogP contribution in [-0.2, 0) is 0 Å². The maximum atomic E-state index is 2.34. The predicted molar refractivity (Wildman–Crippen MR) is 47.9 cm³/mol. The van der Waals surface area contributed by atoms with E-state index in [1.807, 2.05) is 0 Å². The summed E-state index contributed by atoms with van der Waals surface area (Å²) in [5.41, 5.74) is 0.333. The Balaban J connectivity index is 2.78. The summed E-state index contributed by atoms with van der Waals surface area (Å²) in [6.45, 7) is 9.17. The highest BCUT2D eigenvalue weighted by atomic mass is 15.9. The number of hydrazine groups is 1. The molecule has 0 amide bonds. The van der Waals surface area contributed by atoms with Crippen LogP contribution in [0.25, 0.3) is 0 Å². The molecule has 0 aromatic heterocycles. The highest BCUT2D eigenvalue weighted by Gasteiger charge is 2.59. The summed E-state index contributed by atoms with van der Waals surface area (Å²) in [6, 6.07) is 0. The molecule has 11 heavy (non-hydrogen) atoms. The Morgan fingerprint density at radius 1 is 0.818 bits per heavy atom. The van der Waals surface area contributed by atoms with E-state index in [-0.39, 0.29) is 0 Å². The molecule has 2 nitrogen and oxygen atoms in total. The van der Waals surface area contributed by atoms with Gasteiger partial charge in [0.15, 0.2) is 0 Å². The Morgan fingerprint density at radius 2 is 1.09 bits per heavy atom. The van der Waals surface area contributed by atoms with Crippen molar-refractivity contribution in [3.8, 4) is 0 Å². The first kappa shape index (κ1) is 9.01. The van der Waals surface area contributed by atoms with E-state index in [2.05, 4.69) is 51.8 Å². The monoisotopic (exact) mass is 156 g/mol. The van der Waals surface area contributed by atoms with Crippen LogP contribution in [0.4, 0.5) is 0 Å². The number of hydrogen-bond donors (Lipinski definition) is 0. The van der Waals surface area contributed by atoms with Crippen molar-refractivity contribution < 1.29 is 0 Å². The van der Waals surface area contributed by atoms with Gasteiger partial charge < -0.3 is 0 Å². The predicted octanol–water partition coefficient (Wildman–Crippen LogP) is 1.79. The summed E-state index contributed by atoms with van der Waals surface area (Å²) in [5, 5.41) is 4.67. The van der Waals surface area contributed by atoms with Crippen molar-refractivity contribution in [2.45, 2.75) is 33.4 Å². The minimum Gasteiger partial charge on any atom is -0.221 e. The molecule has 66 valence electrons. The molecule has 0 radical (unpaired) electrons. The Hall–Kier alpha value is -0.0800. The lowest BCUT2D eigenvalue weighted by Crippen LogP contribution is -2.32. The molecule has 1 aliphatic heterocycles. The summed E-state index contributed by atoms with van der Waals surface area (Å²) in [7, 11) is 4.33. The first-order valence-electron chi connectivity index (χ1n) is 4.43. The smallest absolute Gasteiger partial charge is 0.104 e. The maximum Gasteiger partial charge on any atom is 0.104 e. The number of rotatable bonds is 2. The zero-order valence-electron chi connectivity index (χ0n) is 8.55. The molecule has 0 N–H and O–H groups in total. The van der Waals surface area contributed by atoms with Gasteiger partial charge in [0.2, 0.25) is 0 Å². The quantitative estimate of drug-likeness (QED) is 0.562. The van der Waals surface area contributed by atoms with Crippen molar-refractivity contribution in [3.05, 3.63) is 0 Å². The minimum atomic E-state index is 0.333. The highest BCUT2D eigenvalue weighted by Crippen LogP contribution is 2.47. The van der Waals surface area contributed by atoms with E-state index >= 15 is 0 Å². The van der Waals surface area contributed by atoms with Crippen LogP contribution in [0.5, 0.6) is 0 Å². The average molecular weight is 156 g/mol. The second-order valence-corrected chi connectivity index (χ2v) is 4.14. The summed E-state index contributed by atoms with van der Waals surface area (Å²) in [6.07, 6.45) is 0. The van der Waals surface area contributed by atoms with Gasteiger partial charge in [-0.1, -0.05) is 27.7 Å². The molecule has 2 unspecified atom stereocenters. The standard InChI is InChI=1S/C9H20N2/c1-7(2)9(8(3)4)10(5)11(9)6/h7-8H,1-6H3. The van der Waals surface area contributed by atoms with Gasteiger partial charge >= 0.3 is 0 Å². The van der Waals surface area contributed by atoms with E-state index in [0.29, 0.717) is 17.5 Å². The molecule has 0 bridgehead atoms. The first-order chi connectivity index (χ1) is 4.95. The van der Waals surface area contributed by atoms with Gasteiger partial charge in [-0.3, -0.25) is 0 Å². The zero-order chi connectivity index (χ0) is 8.81. The molecule has 0 aromatic rings. The molecule has 1 aliphatic rings. The fraction of sp³-hybridized carbons (Fsp3) is 1.00. The molecule has 0 spiro atoms. The van der Waals surface area contributed by atoms with Crippen LogP contribution < -0.4 is 0 Å². The molecule has 1 fully saturated rings. The molecule has 1 heterocycles. The second kappa shape index (κ2) is 2.46. The van der Waals surface area contributed by atoms with Crippen molar-refractivity contribution in [3.63, 3.8) is 0 Å². The lowest BCUT2D eigenvalue weighted by molar-refractivity contribution is 0.259. The summed E-state index contributed by atoms with van der Waals surface area (Å²) in [4.78, 5) is 0. The van der Waals surface area contributed by atoms with Crippen LogP contribution in [-0.4, -0.2) is 29.8 Å². The minimum absolute atomic E-state index is 0.333. The van der Waals surface area contributed by atoms with Gasteiger partial charge in [0, 0.05) is 14.1 Å². The van der Waals surface area contributed by atoms with Crippen LogP contribution in [0.1, 0.15) is 27.7 Å². The third-order valence-corrected chi connectivity index (χ3v) is 3.15. The van der Waals surface area contributed by atoms with E-state index in [1.165, 1.54) is 0 Å². The van der Waals surface area contributed by atoms with Gasteiger partial charge in [-0.15, -0.1) is 0 Å². The van der Waals surface area contributed by atoms with Gasteiger partial charge in [-0.25, -0.2) is 10.0 Å². The van der Waals surface area contributed by atoms with Gasteiger partial charge in [0.1, 0.15) is 5.66 Å². The van der Waals surface area contributed by atoms with Crippen LogP contribution in [0.2, 0.25) is 0 Å². The van der Waals surface area contributed by atoms with Crippen LogP contribution >= 0.6 is 0 Å². The molecule has 0 saturated carbocycles. The molecule has 0 aliphatic carbocycles. The fourth-order valence-electron chi connectivity index (χ4n) is 2.64. The van der Waals surface area contributed by atoms with Gasteiger partial charge in [0.25, 0.3) is 0 Å². The van der Waals surface area contributed by atoms with Crippen molar-refractivity contribution in [1.82, 2.24) is 10.0 Å². The van der Waals surface area contributed by atoms with Crippen LogP contribution in [0.15, 0.2) is 0 Å². The Morgan fingerprint density at radius 3 is 1.09 bits per heavy atom. The average Bonchev–Trinajstić information content (AvgIpc) is 2.37. The van der Waals surface area contributed by atoms with Crippen molar-refractivity contribution in [2.75, 3.05) is 14.1 Å². The lowest BCUT2D eigenvalue weighted by Gasteiger charge is -2.23. The molecular weight excluding hydrogens is 136 g/mol. The third kappa shape index (κ3) is 0.926. The SMILES string of the molecule is CC(C)C1(C(C)C)N(C)N1C.